The minimum absolute atomic E-state index is 0.0362. The largest absolute Gasteiger partial charge is 0.487 e. The van der Waals surface area contributed by atoms with Gasteiger partial charge >= 0.3 is 0 Å². The molecule has 0 aliphatic heterocycles. The highest BCUT2D eigenvalue weighted by Crippen LogP contribution is 2.21. The molecule has 0 radical (unpaired) electrons. The zero-order valence-corrected chi connectivity index (χ0v) is 16.0. The first-order chi connectivity index (χ1) is 13.8. The zero-order valence-electron chi connectivity index (χ0n) is 14.4. The predicted octanol–water partition coefficient (Wildman–Crippen LogP) is 2.34. The number of primary sulfonamides is 1. The van der Waals surface area contributed by atoms with E-state index in [4.69, 9.17) is 21.5 Å². The zero-order chi connectivity index (χ0) is 21.0. The number of hydrogen-bond donors (Lipinski definition) is 3. The summed E-state index contributed by atoms with van der Waals surface area (Å²) in [5, 5.41) is 27.4. The predicted molar refractivity (Wildman–Crippen MR) is 99.8 cm³/mol. The van der Waals surface area contributed by atoms with Crippen LogP contribution in [0.2, 0.25) is 5.02 Å². The fourth-order valence-corrected chi connectivity index (χ4v) is 2.90. The number of anilines is 1. The molecule has 0 saturated heterocycles. The maximum atomic E-state index is 13.3. The second-order valence-electron chi connectivity index (χ2n) is 5.57. The molecule has 0 atom stereocenters. The summed E-state index contributed by atoms with van der Waals surface area (Å²) in [5.74, 6) is -0.422. The summed E-state index contributed by atoms with van der Waals surface area (Å²) >= 11 is 5.72. The summed E-state index contributed by atoms with van der Waals surface area (Å²) in [6.45, 7) is -0.140. The average Bonchev–Trinajstić information content (AvgIpc) is 3.15. The molecule has 0 aliphatic rings. The Morgan fingerprint density at radius 3 is 2.62 bits per heavy atom. The van der Waals surface area contributed by atoms with Crippen LogP contribution in [0, 0.1) is 5.82 Å². The molecule has 3 aromatic rings. The van der Waals surface area contributed by atoms with Crippen LogP contribution in [0.5, 0.6) is 5.75 Å². The third-order valence-electron chi connectivity index (χ3n) is 3.59. The van der Waals surface area contributed by atoms with Crippen LogP contribution in [0.25, 0.3) is 0 Å². The molecular formula is C16H13ClFN5O5S. The van der Waals surface area contributed by atoms with Crippen molar-refractivity contribution in [2.45, 2.75) is 11.5 Å². The van der Waals surface area contributed by atoms with Gasteiger partial charge < -0.3 is 15.3 Å². The van der Waals surface area contributed by atoms with Crippen molar-refractivity contribution in [2.75, 3.05) is 5.32 Å². The third-order valence-corrected chi connectivity index (χ3v) is 4.81. The number of benzene rings is 2. The Morgan fingerprint density at radius 2 is 2.00 bits per heavy atom. The van der Waals surface area contributed by atoms with Gasteiger partial charge in [0.1, 0.15) is 18.2 Å². The van der Waals surface area contributed by atoms with Crippen LogP contribution in [0.1, 0.15) is 11.4 Å². The number of aromatic nitrogens is 2. The number of nitrogens with one attached hydrogen (secondary N) is 1. The van der Waals surface area contributed by atoms with Crippen LogP contribution < -0.4 is 15.2 Å². The first-order valence-electron chi connectivity index (χ1n) is 7.79. The van der Waals surface area contributed by atoms with E-state index in [1.54, 1.807) is 0 Å². The van der Waals surface area contributed by atoms with Crippen LogP contribution in [-0.4, -0.2) is 29.8 Å². The molecule has 2 aromatic carbocycles. The molecule has 10 nitrogen and oxygen atoms in total. The Bertz CT molecular complexity index is 1150. The van der Waals surface area contributed by atoms with Crippen molar-refractivity contribution in [3.05, 3.63) is 64.7 Å². The topological polar surface area (TPSA) is 153 Å². The van der Waals surface area contributed by atoms with Gasteiger partial charge in [-0.3, -0.25) is 0 Å². The first-order valence-corrected chi connectivity index (χ1v) is 9.72. The standard InChI is InChI=1S/C16H13ClFN5O5S/c17-12-7-9(1-6-13(12)18)20-16(21-24)15-14(22-28-23-15)8-27-10-2-4-11(5-3-10)29(19,25)26/h1-7,24H,8H2,(H,20,21)(H2,19,25,26). The monoisotopic (exact) mass is 441 g/mol. The van der Waals surface area contributed by atoms with E-state index in [9.17, 15) is 18.0 Å². The number of nitrogens with zero attached hydrogens (tertiary/aromatic N) is 3. The number of hydrogen-bond acceptors (Lipinski definition) is 8. The van der Waals surface area contributed by atoms with E-state index in [2.05, 4.69) is 25.4 Å². The first kappa shape index (κ1) is 20.5. The Hall–Kier alpha value is -3.22. The number of rotatable bonds is 6. The van der Waals surface area contributed by atoms with Crippen LogP contribution in [0.4, 0.5) is 10.1 Å². The molecule has 0 spiro atoms. The quantitative estimate of drug-likeness (QED) is 0.228. The maximum Gasteiger partial charge on any atom is 0.238 e. The molecule has 1 heterocycles. The van der Waals surface area contributed by atoms with Gasteiger partial charge in [-0.15, -0.1) is 0 Å². The van der Waals surface area contributed by atoms with Gasteiger partial charge in [-0.25, -0.2) is 22.6 Å². The van der Waals surface area contributed by atoms with Crippen molar-refractivity contribution in [1.82, 2.24) is 10.3 Å². The number of ether oxygens (including phenoxy) is 1. The van der Waals surface area contributed by atoms with Gasteiger partial charge in [0.15, 0.2) is 11.4 Å². The molecule has 0 amide bonds. The fourth-order valence-electron chi connectivity index (χ4n) is 2.20. The number of amidine groups is 1. The van der Waals surface area contributed by atoms with E-state index in [1.165, 1.54) is 36.4 Å². The van der Waals surface area contributed by atoms with E-state index in [1.807, 2.05) is 0 Å². The summed E-state index contributed by atoms with van der Waals surface area (Å²) in [7, 11) is -3.81. The van der Waals surface area contributed by atoms with Gasteiger partial charge in [0.05, 0.1) is 9.92 Å². The minimum Gasteiger partial charge on any atom is -0.487 e. The van der Waals surface area contributed by atoms with Gasteiger partial charge in [-0.05, 0) is 47.6 Å². The Morgan fingerprint density at radius 1 is 1.28 bits per heavy atom. The molecular weight excluding hydrogens is 429 g/mol. The molecule has 4 N–H and O–H groups in total. The van der Waals surface area contributed by atoms with Gasteiger partial charge in [-0.2, -0.15) is 0 Å². The fraction of sp³-hybridized carbons (Fsp3) is 0.0625. The molecule has 3 rings (SSSR count). The van der Waals surface area contributed by atoms with Crippen molar-refractivity contribution in [3.63, 3.8) is 0 Å². The molecule has 152 valence electrons. The van der Waals surface area contributed by atoms with Crippen LogP contribution >= 0.6 is 11.6 Å². The van der Waals surface area contributed by atoms with E-state index in [0.29, 0.717) is 11.4 Å². The summed E-state index contributed by atoms with van der Waals surface area (Å²) in [4.78, 5) is -0.0644. The van der Waals surface area contributed by atoms with Crippen LogP contribution in [0.3, 0.4) is 0 Å². The maximum absolute atomic E-state index is 13.3. The lowest BCUT2D eigenvalue weighted by molar-refractivity contribution is 0.270. The van der Waals surface area contributed by atoms with Crippen LogP contribution in [0.15, 0.2) is 57.1 Å². The van der Waals surface area contributed by atoms with Crippen LogP contribution in [-0.2, 0) is 16.6 Å². The van der Waals surface area contributed by atoms with Crippen molar-refractivity contribution in [2.24, 2.45) is 10.3 Å². The molecule has 0 bridgehead atoms. The Kier molecular flexibility index (Phi) is 5.96. The van der Waals surface area contributed by atoms with Gasteiger partial charge in [0.25, 0.3) is 0 Å². The molecule has 29 heavy (non-hydrogen) atoms. The molecule has 0 saturated carbocycles. The lowest BCUT2D eigenvalue weighted by atomic mass is 10.2. The summed E-state index contributed by atoms with van der Waals surface area (Å²) in [6, 6.07) is 9.19. The lowest BCUT2D eigenvalue weighted by Gasteiger charge is -2.08. The number of nitrogens with two attached hydrogens (primary N) is 1. The molecule has 13 heteroatoms. The highest BCUT2D eigenvalue weighted by atomic mass is 35.5. The summed E-state index contributed by atoms with van der Waals surface area (Å²) in [5.41, 5.74) is 0.542. The van der Waals surface area contributed by atoms with E-state index in [-0.39, 0.29) is 33.7 Å². The summed E-state index contributed by atoms with van der Waals surface area (Å²) < 4.78 is 46.0. The Labute approximate surface area is 168 Å². The molecule has 0 unspecified atom stereocenters. The van der Waals surface area contributed by atoms with E-state index in [0.717, 1.165) is 6.07 Å². The van der Waals surface area contributed by atoms with Crippen molar-refractivity contribution < 1.29 is 27.4 Å². The van der Waals surface area contributed by atoms with E-state index >= 15 is 0 Å². The molecule has 0 fully saturated rings. The normalized spacial score (nSPS) is 12.0. The highest BCUT2D eigenvalue weighted by molar-refractivity contribution is 7.89. The number of oxime groups is 1. The minimum atomic E-state index is -3.81. The second kappa shape index (κ2) is 8.43. The second-order valence-corrected chi connectivity index (χ2v) is 7.54. The van der Waals surface area contributed by atoms with Crippen molar-refractivity contribution in [3.8, 4) is 5.75 Å². The summed E-state index contributed by atoms with van der Waals surface area (Å²) in [6.07, 6.45) is 0. The van der Waals surface area contributed by atoms with Crippen molar-refractivity contribution in [1.29, 1.82) is 0 Å². The lowest BCUT2D eigenvalue weighted by Crippen LogP contribution is -2.17. The SMILES string of the molecule is NS(=O)(=O)c1ccc(OCc2nonc2/C(=N/O)Nc2ccc(F)c(Cl)c2)cc1. The number of sulfonamides is 1. The number of halogens is 2. The highest BCUT2D eigenvalue weighted by Gasteiger charge is 2.19. The van der Waals surface area contributed by atoms with Gasteiger partial charge in [-0.1, -0.05) is 21.9 Å². The van der Waals surface area contributed by atoms with E-state index < -0.39 is 15.8 Å². The smallest absolute Gasteiger partial charge is 0.238 e. The van der Waals surface area contributed by atoms with Gasteiger partial charge in [0, 0.05) is 5.69 Å². The molecule has 0 aliphatic carbocycles. The van der Waals surface area contributed by atoms with Crippen molar-refractivity contribution >= 4 is 33.1 Å². The molecule has 1 aromatic heterocycles. The average molecular weight is 442 g/mol. The van der Waals surface area contributed by atoms with Gasteiger partial charge in [0.2, 0.25) is 15.9 Å². The Balaban J connectivity index is 1.73. The third kappa shape index (κ3) is 4.99.